The lowest BCUT2D eigenvalue weighted by Gasteiger charge is -2.43. The van der Waals surface area contributed by atoms with Crippen molar-refractivity contribution in [3.8, 4) is 5.69 Å². The molecule has 6 nitrogen and oxygen atoms in total. The highest BCUT2D eigenvalue weighted by Gasteiger charge is 2.50. The van der Waals surface area contributed by atoms with Crippen LogP contribution in [0.15, 0.2) is 121 Å². The van der Waals surface area contributed by atoms with Crippen LogP contribution in [0.5, 0.6) is 0 Å². The van der Waals surface area contributed by atoms with Gasteiger partial charge in [-0.05, 0) is 70.4 Å². The number of nitrogens with two attached hydrogens (primary N) is 1. The van der Waals surface area contributed by atoms with Gasteiger partial charge in [-0.3, -0.25) is 4.79 Å². The molecule has 0 aliphatic rings. The number of halogens is 2. The molecule has 1 unspecified atom stereocenters. The van der Waals surface area contributed by atoms with Crippen LogP contribution in [0, 0.1) is 0 Å². The molecule has 4 aromatic carbocycles. The summed E-state index contributed by atoms with van der Waals surface area (Å²) in [6.45, 7) is 8.89. The number of rotatable bonds is 12. The number of esters is 1. The number of ether oxygens (including phenoxy) is 1. The van der Waals surface area contributed by atoms with Gasteiger partial charge in [0.25, 0.3) is 8.32 Å². The largest absolute Gasteiger partial charge is 0.462 e. The van der Waals surface area contributed by atoms with E-state index < -0.39 is 20.3 Å². The number of ketones is 1. The van der Waals surface area contributed by atoms with Gasteiger partial charge < -0.3 is 19.5 Å². The fourth-order valence-corrected chi connectivity index (χ4v) is 11.2. The fraction of sp³-hybridized carbons (Fsp3) is 0.200. The van der Waals surface area contributed by atoms with E-state index in [0.29, 0.717) is 39.2 Å². The van der Waals surface area contributed by atoms with Crippen LogP contribution in [0.4, 0.5) is 0 Å². The normalized spacial score (nSPS) is 12.6. The van der Waals surface area contributed by atoms with Crippen molar-refractivity contribution in [2.75, 3.05) is 6.61 Å². The Balaban J connectivity index is 1.43. The standard InChI is InChI=1S/C40H40Cl2N2O4Si/c1-5-47-39(46)29-21-18-28(19-22-29)20-25-36(45)38(43)35-17-12-26-44(35)34-24-23-33(41)32(37(34)42)27-48-49(40(2,3)4,30-13-8-6-9-14-30)31-15-10-7-11-16-31/h6-26,38H,5,27,43H2,1-4H3/b25-20+. The summed E-state index contributed by atoms with van der Waals surface area (Å²) in [6.07, 6.45) is 4.93. The monoisotopic (exact) mass is 710 g/mol. The minimum Gasteiger partial charge on any atom is -0.462 e. The van der Waals surface area contributed by atoms with Gasteiger partial charge in [-0.25, -0.2) is 4.79 Å². The first-order valence-electron chi connectivity index (χ1n) is 16.1. The first-order chi connectivity index (χ1) is 23.5. The van der Waals surface area contributed by atoms with Crippen LogP contribution < -0.4 is 16.1 Å². The molecule has 0 saturated heterocycles. The molecule has 1 atom stereocenters. The maximum atomic E-state index is 13.3. The summed E-state index contributed by atoms with van der Waals surface area (Å²) >= 11 is 14.0. The van der Waals surface area contributed by atoms with Gasteiger partial charge in [0.15, 0.2) is 5.78 Å². The predicted octanol–water partition coefficient (Wildman–Crippen LogP) is 8.32. The molecule has 5 aromatic rings. The zero-order chi connectivity index (χ0) is 35.2. The van der Waals surface area contributed by atoms with Crippen molar-refractivity contribution in [2.45, 2.75) is 45.4 Å². The number of carbonyl (C=O) groups is 2. The zero-order valence-electron chi connectivity index (χ0n) is 28.0. The highest BCUT2D eigenvalue weighted by atomic mass is 35.5. The summed E-state index contributed by atoms with van der Waals surface area (Å²) in [6, 6.07) is 33.8. The molecule has 0 saturated carbocycles. The molecule has 1 aromatic heterocycles. The number of hydrogen-bond donors (Lipinski definition) is 1. The average molecular weight is 712 g/mol. The molecule has 9 heteroatoms. The van der Waals surface area contributed by atoms with E-state index in [1.807, 2.05) is 59.3 Å². The third kappa shape index (κ3) is 7.67. The number of aromatic nitrogens is 1. The number of carbonyl (C=O) groups excluding carboxylic acids is 2. The number of benzene rings is 4. The summed E-state index contributed by atoms with van der Waals surface area (Å²) < 4.78 is 14.0. The Kier molecular flexibility index (Phi) is 11.4. The van der Waals surface area contributed by atoms with E-state index in [2.05, 4.69) is 45.0 Å². The average Bonchev–Trinajstić information content (AvgIpc) is 3.58. The molecular formula is C40H40Cl2N2O4Si. The molecular weight excluding hydrogens is 671 g/mol. The van der Waals surface area contributed by atoms with E-state index >= 15 is 0 Å². The Morgan fingerprint density at radius 1 is 0.857 bits per heavy atom. The van der Waals surface area contributed by atoms with Gasteiger partial charge in [0, 0.05) is 22.5 Å². The molecule has 2 N–H and O–H groups in total. The highest BCUT2D eigenvalue weighted by molar-refractivity contribution is 6.99. The van der Waals surface area contributed by atoms with Gasteiger partial charge in [-0.2, -0.15) is 0 Å². The molecule has 1 heterocycles. The second kappa shape index (κ2) is 15.5. The summed E-state index contributed by atoms with van der Waals surface area (Å²) in [7, 11) is -2.87. The van der Waals surface area contributed by atoms with Gasteiger partial charge in [-0.15, -0.1) is 0 Å². The van der Waals surface area contributed by atoms with Crippen LogP contribution in [0.3, 0.4) is 0 Å². The van der Waals surface area contributed by atoms with Crippen LogP contribution in [-0.2, 0) is 20.6 Å². The van der Waals surface area contributed by atoms with Crippen molar-refractivity contribution in [3.63, 3.8) is 0 Å². The van der Waals surface area contributed by atoms with Gasteiger partial charge in [-0.1, -0.05) is 123 Å². The Morgan fingerprint density at radius 2 is 1.47 bits per heavy atom. The van der Waals surface area contributed by atoms with Gasteiger partial charge in [0.2, 0.25) is 0 Å². The van der Waals surface area contributed by atoms with Crippen LogP contribution in [-0.4, -0.2) is 31.2 Å². The lowest BCUT2D eigenvalue weighted by Crippen LogP contribution is -2.66. The molecule has 5 rings (SSSR count). The number of hydrogen-bond acceptors (Lipinski definition) is 5. The van der Waals surface area contributed by atoms with Crippen molar-refractivity contribution >= 4 is 59.7 Å². The predicted molar refractivity (Wildman–Crippen MR) is 202 cm³/mol. The second-order valence-electron chi connectivity index (χ2n) is 12.7. The lowest BCUT2D eigenvalue weighted by atomic mass is 10.1. The zero-order valence-corrected chi connectivity index (χ0v) is 30.5. The van der Waals surface area contributed by atoms with Crippen molar-refractivity contribution in [1.82, 2.24) is 4.57 Å². The minimum atomic E-state index is -2.87. The van der Waals surface area contributed by atoms with Gasteiger partial charge in [0.1, 0.15) is 6.04 Å². The molecule has 49 heavy (non-hydrogen) atoms. The van der Waals surface area contributed by atoms with E-state index in [0.717, 1.165) is 15.9 Å². The molecule has 0 amide bonds. The molecule has 0 bridgehead atoms. The van der Waals surface area contributed by atoms with E-state index in [1.165, 1.54) is 6.08 Å². The summed E-state index contributed by atoms with van der Waals surface area (Å²) in [5.41, 5.74) is 9.56. The fourth-order valence-electron chi connectivity index (χ4n) is 6.09. The molecule has 0 fully saturated rings. The molecule has 252 valence electrons. The molecule has 0 spiro atoms. The third-order valence-electron chi connectivity index (χ3n) is 8.54. The summed E-state index contributed by atoms with van der Waals surface area (Å²) in [4.78, 5) is 25.2. The van der Waals surface area contributed by atoms with Gasteiger partial charge in [0.05, 0.1) is 29.5 Å². The van der Waals surface area contributed by atoms with Crippen molar-refractivity contribution in [3.05, 3.63) is 154 Å². The van der Waals surface area contributed by atoms with E-state index in [-0.39, 0.29) is 17.4 Å². The van der Waals surface area contributed by atoms with Crippen LogP contribution in [0.1, 0.15) is 60.9 Å². The Labute approximate surface area is 299 Å². The van der Waals surface area contributed by atoms with E-state index in [9.17, 15) is 9.59 Å². The topological polar surface area (TPSA) is 83.5 Å². The first kappa shape index (κ1) is 36.0. The van der Waals surface area contributed by atoms with E-state index in [4.69, 9.17) is 38.1 Å². The third-order valence-corrected chi connectivity index (χ3v) is 14.3. The van der Waals surface area contributed by atoms with Crippen molar-refractivity contribution in [1.29, 1.82) is 0 Å². The van der Waals surface area contributed by atoms with Crippen LogP contribution >= 0.6 is 23.2 Å². The van der Waals surface area contributed by atoms with Gasteiger partial charge >= 0.3 is 5.97 Å². The SMILES string of the molecule is CCOC(=O)c1ccc(/C=C/C(=O)C(N)c2cccn2-c2ccc(Cl)c(CO[Si](c3ccccc3)(c3ccccc3)C(C)(C)C)c2Cl)cc1. The molecule has 0 radical (unpaired) electrons. The summed E-state index contributed by atoms with van der Waals surface area (Å²) in [5.74, 6) is -0.690. The Morgan fingerprint density at radius 3 is 2.04 bits per heavy atom. The van der Waals surface area contributed by atoms with Crippen molar-refractivity contribution in [2.24, 2.45) is 5.73 Å². The Bertz CT molecular complexity index is 1900. The lowest BCUT2D eigenvalue weighted by molar-refractivity contribution is -0.115. The van der Waals surface area contributed by atoms with E-state index in [1.54, 1.807) is 49.4 Å². The molecule has 0 aliphatic heterocycles. The second-order valence-corrected chi connectivity index (χ2v) is 17.8. The van der Waals surface area contributed by atoms with Crippen LogP contribution in [0.2, 0.25) is 15.1 Å². The van der Waals surface area contributed by atoms with Crippen LogP contribution in [0.25, 0.3) is 11.8 Å². The quantitative estimate of drug-likeness (QED) is 0.0800. The summed E-state index contributed by atoms with van der Waals surface area (Å²) in [5, 5.41) is 2.97. The van der Waals surface area contributed by atoms with Crippen molar-refractivity contribution < 1.29 is 18.8 Å². The first-order valence-corrected chi connectivity index (χ1v) is 18.8. The highest BCUT2D eigenvalue weighted by Crippen LogP contribution is 2.39. The maximum absolute atomic E-state index is 13.3. The molecule has 0 aliphatic carbocycles. The Hall–Kier alpha value is -4.24. The maximum Gasteiger partial charge on any atom is 0.338 e. The minimum absolute atomic E-state index is 0.179. The number of nitrogens with zero attached hydrogens (tertiary/aromatic N) is 1. The smallest absolute Gasteiger partial charge is 0.338 e.